The third-order valence-electron chi connectivity index (χ3n) is 6.34. The number of hydrogen-bond donors (Lipinski definition) is 5. The van der Waals surface area contributed by atoms with E-state index >= 15 is 0 Å². The van der Waals surface area contributed by atoms with Gasteiger partial charge in [0, 0.05) is 18.1 Å². The van der Waals surface area contributed by atoms with Gasteiger partial charge in [0.15, 0.2) is 0 Å². The summed E-state index contributed by atoms with van der Waals surface area (Å²) in [7, 11) is 0. The molecule has 0 spiro atoms. The molecule has 0 saturated heterocycles. The first-order valence-corrected chi connectivity index (χ1v) is 12.3. The molecule has 1 unspecified atom stereocenters. The van der Waals surface area contributed by atoms with Gasteiger partial charge in [0.25, 0.3) is 11.8 Å². The highest BCUT2D eigenvalue weighted by atomic mass is 16.4. The number of pyridine rings is 1. The summed E-state index contributed by atoms with van der Waals surface area (Å²) in [4.78, 5) is 69.0. The van der Waals surface area contributed by atoms with E-state index in [9.17, 15) is 34.2 Å². The molecule has 0 saturated carbocycles. The molecule has 5 N–H and O–H groups in total. The lowest BCUT2D eigenvalue weighted by atomic mass is 10.1. The molecule has 13 heteroatoms. The van der Waals surface area contributed by atoms with E-state index in [2.05, 4.69) is 15.6 Å². The Labute approximate surface area is 228 Å². The third kappa shape index (κ3) is 6.06. The number of hydrogen-bond acceptors (Lipinski definition) is 9. The van der Waals surface area contributed by atoms with Gasteiger partial charge in [-0.2, -0.15) is 0 Å². The molecule has 3 amide bonds. The van der Waals surface area contributed by atoms with Gasteiger partial charge in [0.05, 0.1) is 41.5 Å². The molecule has 1 aromatic heterocycles. The molecule has 2 heterocycles. The van der Waals surface area contributed by atoms with Gasteiger partial charge in [-0.15, -0.1) is 0 Å². The van der Waals surface area contributed by atoms with E-state index in [1.54, 1.807) is 48.5 Å². The second kappa shape index (κ2) is 12.3. The number of carbonyl (C=O) groups excluding carboxylic acids is 4. The van der Waals surface area contributed by atoms with E-state index in [1.807, 2.05) is 0 Å². The number of aromatic nitrogens is 1. The molecule has 0 aliphatic carbocycles. The molecular formula is C27H27N5O8. The van der Waals surface area contributed by atoms with Crippen LogP contribution in [0.2, 0.25) is 0 Å². The highest BCUT2D eigenvalue weighted by Gasteiger charge is 2.38. The van der Waals surface area contributed by atoms with Crippen LogP contribution in [0.25, 0.3) is 10.9 Å². The Morgan fingerprint density at radius 3 is 2.50 bits per heavy atom. The number of aliphatic hydroxyl groups excluding tert-OH is 2. The quantitative estimate of drug-likeness (QED) is 0.209. The highest BCUT2D eigenvalue weighted by molar-refractivity contribution is 6.10. The van der Waals surface area contributed by atoms with Gasteiger partial charge in [0.1, 0.15) is 25.1 Å². The van der Waals surface area contributed by atoms with Crippen molar-refractivity contribution in [2.75, 3.05) is 29.5 Å². The van der Waals surface area contributed by atoms with Crippen LogP contribution in [0, 0.1) is 0 Å². The van der Waals surface area contributed by atoms with Gasteiger partial charge in [-0.25, -0.2) is 0 Å². The number of aldehydes is 1. The number of aliphatic hydroxyl groups is 2. The van der Waals surface area contributed by atoms with Crippen LogP contribution in [0.4, 0.5) is 11.4 Å². The summed E-state index contributed by atoms with van der Waals surface area (Å²) >= 11 is 0. The van der Waals surface area contributed by atoms with E-state index in [4.69, 9.17) is 5.11 Å². The minimum atomic E-state index is -1.45. The van der Waals surface area contributed by atoms with Crippen LogP contribution in [-0.4, -0.2) is 88.3 Å². The summed E-state index contributed by atoms with van der Waals surface area (Å²) < 4.78 is 0. The summed E-state index contributed by atoms with van der Waals surface area (Å²) in [5, 5.41) is 35.0. The maximum Gasteiger partial charge on any atom is 0.305 e. The molecule has 1 aliphatic rings. The number of aliphatic carboxylic acids is 1. The predicted octanol–water partition coefficient (Wildman–Crippen LogP) is -0.344. The van der Waals surface area contributed by atoms with Crippen LogP contribution in [0.3, 0.4) is 0 Å². The number of fused-ring (bicyclic) bond motifs is 2. The second-order valence-electron chi connectivity index (χ2n) is 9.04. The number of carbonyl (C=O) groups is 5. The molecule has 13 nitrogen and oxygen atoms in total. The standard InChI is InChI=1S/C27H27N5O8/c33-14-17(11-24(37)38)29-22(35)13-32-21-9-2-1-8-20(21)31(23(36)15-34)12-19(27(32)40)30-26(39)18-7-3-5-16-6-4-10-28-25(16)18/h1-10,14,17,19,23,34,36H,11-13,15H2,(H,29,35)(H,30,39)(H,37,38)/t17-,19-,23?/m0/s1. The van der Waals surface area contributed by atoms with Crippen LogP contribution in [0.15, 0.2) is 60.8 Å². The number of rotatable bonds is 10. The average Bonchev–Trinajstić information content (AvgIpc) is 3.06. The largest absolute Gasteiger partial charge is 0.481 e. The highest BCUT2D eigenvalue weighted by Crippen LogP contribution is 2.33. The van der Waals surface area contributed by atoms with Gasteiger partial charge >= 0.3 is 5.97 Å². The number of amides is 3. The van der Waals surface area contributed by atoms with Crippen LogP contribution in [0.1, 0.15) is 16.8 Å². The van der Waals surface area contributed by atoms with Gasteiger partial charge in [-0.05, 0) is 24.3 Å². The normalized spacial score (nSPS) is 16.4. The number of carboxylic acid groups (broad SMARTS) is 1. The zero-order chi connectivity index (χ0) is 28.8. The van der Waals surface area contributed by atoms with Gasteiger partial charge < -0.3 is 35.6 Å². The van der Waals surface area contributed by atoms with Crippen molar-refractivity contribution in [1.29, 1.82) is 0 Å². The summed E-state index contributed by atoms with van der Waals surface area (Å²) in [5.41, 5.74) is 1.10. The molecule has 0 bridgehead atoms. The molecular weight excluding hydrogens is 522 g/mol. The van der Waals surface area contributed by atoms with Crippen molar-refractivity contribution in [1.82, 2.24) is 15.6 Å². The fourth-order valence-electron chi connectivity index (χ4n) is 4.51. The van der Waals surface area contributed by atoms with Crippen LogP contribution < -0.4 is 20.4 Å². The van der Waals surface area contributed by atoms with Gasteiger partial charge in [0.2, 0.25) is 5.91 Å². The molecule has 40 heavy (non-hydrogen) atoms. The van der Waals surface area contributed by atoms with E-state index in [1.165, 1.54) is 17.2 Å². The fraction of sp³-hybridized carbons (Fsp3) is 0.259. The van der Waals surface area contributed by atoms with Crippen LogP contribution >= 0.6 is 0 Å². The monoisotopic (exact) mass is 549 g/mol. The Morgan fingerprint density at radius 1 is 1.07 bits per heavy atom. The van der Waals surface area contributed by atoms with Crippen molar-refractivity contribution in [3.63, 3.8) is 0 Å². The number of carboxylic acids is 1. The second-order valence-corrected chi connectivity index (χ2v) is 9.04. The Morgan fingerprint density at radius 2 is 1.80 bits per heavy atom. The zero-order valence-corrected chi connectivity index (χ0v) is 21.1. The summed E-state index contributed by atoms with van der Waals surface area (Å²) in [5.74, 6) is -3.45. The van der Waals surface area contributed by atoms with Crippen molar-refractivity contribution in [3.05, 3.63) is 66.4 Å². The Bertz CT molecular complexity index is 1440. The number of benzene rings is 2. The maximum absolute atomic E-state index is 13.8. The zero-order valence-electron chi connectivity index (χ0n) is 21.1. The Kier molecular flexibility index (Phi) is 8.67. The van der Waals surface area contributed by atoms with Crippen molar-refractivity contribution in [2.45, 2.75) is 24.7 Å². The van der Waals surface area contributed by atoms with Crippen molar-refractivity contribution < 1.29 is 39.3 Å². The van der Waals surface area contributed by atoms with E-state index in [-0.39, 0.29) is 24.1 Å². The van der Waals surface area contributed by atoms with E-state index < -0.39 is 61.6 Å². The Balaban J connectivity index is 1.69. The lowest BCUT2D eigenvalue weighted by molar-refractivity contribution is -0.138. The van der Waals surface area contributed by atoms with Gasteiger partial charge in [-0.1, -0.05) is 30.3 Å². The SMILES string of the molecule is O=C[C@H](CC(=O)O)NC(=O)CN1C(=O)[C@@H](NC(=O)c2cccc3cccnc23)CN(C(O)CO)c2ccccc21. The van der Waals surface area contributed by atoms with Crippen LogP contribution in [-0.2, 0) is 19.2 Å². The number of nitrogens with zero attached hydrogens (tertiary/aromatic N) is 3. The van der Waals surface area contributed by atoms with Crippen molar-refractivity contribution in [3.8, 4) is 0 Å². The minimum Gasteiger partial charge on any atom is -0.481 e. The lowest BCUT2D eigenvalue weighted by Crippen LogP contribution is -2.55. The molecule has 2 aromatic carbocycles. The molecule has 3 atom stereocenters. The molecule has 0 fully saturated rings. The topological polar surface area (TPSA) is 189 Å². The van der Waals surface area contributed by atoms with Crippen molar-refractivity contribution >= 4 is 52.3 Å². The minimum absolute atomic E-state index is 0.194. The smallest absolute Gasteiger partial charge is 0.305 e. The van der Waals surface area contributed by atoms with E-state index in [0.717, 1.165) is 4.90 Å². The molecule has 208 valence electrons. The lowest BCUT2D eigenvalue weighted by Gasteiger charge is -2.30. The summed E-state index contributed by atoms with van der Waals surface area (Å²) in [6.45, 7) is -1.56. The van der Waals surface area contributed by atoms with E-state index in [0.29, 0.717) is 16.6 Å². The first kappa shape index (κ1) is 28.1. The van der Waals surface area contributed by atoms with Crippen molar-refractivity contribution in [2.24, 2.45) is 0 Å². The number of nitrogens with one attached hydrogen (secondary N) is 2. The van der Waals surface area contributed by atoms with Gasteiger partial charge in [-0.3, -0.25) is 29.1 Å². The average molecular weight is 550 g/mol. The third-order valence-corrected chi connectivity index (χ3v) is 6.34. The first-order chi connectivity index (χ1) is 19.2. The predicted molar refractivity (Wildman–Crippen MR) is 142 cm³/mol. The van der Waals surface area contributed by atoms with Crippen LogP contribution in [0.5, 0.6) is 0 Å². The Hall–Kier alpha value is -4.88. The summed E-state index contributed by atoms with van der Waals surface area (Å²) in [6, 6.07) is 12.2. The molecule has 3 aromatic rings. The summed E-state index contributed by atoms with van der Waals surface area (Å²) in [6.07, 6.45) is -0.279. The molecule has 0 radical (unpaired) electrons. The molecule has 1 aliphatic heterocycles. The number of para-hydroxylation sites is 3. The fourth-order valence-corrected chi connectivity index (χ4v) is 4.51. The first-order valence-electron chi connectivity index (χ1n) is 12.3. The molecule has 4 rings (SSSR count). The maximum atomic E-state index is 13.8. The number of anilines is 2.